The van der Waals surface area contributed by atoms with Crippen LogP contribution < -0.4 is 5.32 Å². The Morgan fingerprint density at radius 2 is 2.24 bits per heavy atom. The van der Waals surface area contributed by atoms with Crippen molar-refractivity contribution >= 4 is 0 Å². The highest BCUT2D eigenvalue weighted by Gasteiger charge is 2.17. The van der Waals surface area contributed by atoms with Crippen molar-refractivity contribution in [1.29, 1.82) is 0 Å². The summed E-state index contributed by atoms with van der Waals surface area (Å²) in [4.78, 5) is 4.04. The van der Waals surface area contributed by atoms with E-state index in [1.165, 1.54) is 19.3 Å². The Labute approximate surface area is 102 Å². The van der Waals surface area contributed by atoms with Gasteiger partial charge in [0.1, 0.15) is 5.75 Å². The van der Waals surface area contributed by atoms with Gasteiger partial charge in [-0.1, -0.05) is 6.42 Å². The number of pyridine rings is 1. The van der Waals surface area contributed by atoms with Gasteiger partial charge in [0.25, 0.3) is 0 Å². The maximum Gasteiger partial charge on any atom is 0.141 e. The Morgan fingerprint density at radius 3 is 2.82 bits per heavy atom. The minimum absolute atomic E-state index is 0.0821. The molecule has 2 rings (SSSR count). The molecule has 0 aliphatic heterocycles. The van der Waals surface area contributed by atoms with Crippen LogP contribution in [0.25, 0.3) is 0 Å². The quantitative estimate of drug-likeness (QED) is 0.724. The predicted octanol–water partition coefficient (Wildman–Crippen LogP) is 1.48. The van der Waals surface area contributed by atoms with E-state index in [9.17, 15) is 10.2 Å². The van der Waals surface area contributed by atoms with Crippen LogP contribution in [0.4, 0.5) is 0 Å². The highest BCUT2D eigenvalue weighted by molar-refractivity contribution is 5.40. The van der Waals surface area contributed by atoms with Gasteiger partial charge in [-0.05, 0) is 32.2 Å². The molecule has 94 valence electrons. The molecule has 1 saturated carbocycles. The number of aromatic nitrogens is 1. The Kier molecular flexibility index (Phi) is 3.97. The fourth-order valence-electron chi connectivity index (χ4n) is 2.12. The number of nitrogens with zero attached hydrogens (tertiary/aromatic N) is 1. The molecule has 4 nitrogen and oxygen atoms in total. The van der Waals surface area contributed by atoms with Crippen LogP contribution in [-0.4, -0.2) is 21.7 Å². The van der Waals surface area contributed by atoms with Crippen molar-refractivity contribution in [3.63, 3.8) is 0 Å². The number of aromatic hydroxyl groups is 1. The molecule has 0 radical (unpaired) electrons. The van der Waals surface area contributed by atoms with Crippen LogP contribution in [0.1, 0.15) is 36.1 Å². The van der Waals surface area contributed by atoms with Gasteiger partial charge in [0, 0.05) is 23.9 Å². The molecule has 0 atom stereocenters. The zero-order valence-corrected chi connectivity index (χ0v) is 10.2. The molecule has 0 spiro atoms. The Bertz CT molecular complexity index is 389. The summed E-state index contributed by atoms with van der Waals surface area (Å²) in [6, 6.07) is 0. The first-order valence-corrected chi connectivity index (χ1v) is 6.20. The van der Waals surface area contributed by atoms with Gasteiger partial charge in [-0.2, -0.15) is 0 Å². The number of aliphatic hydroxyl groups is 1. The van der Waals surface area contributed by atoms with E-state index >= 15 is 0 Å². The third kappa shape index (κ3) is 2.76. The average molecular weight is 236 g/mol. The van der Waals surface area contributed by atoms with E-state index in [0.29, 0.717) is 17.8 Å². The minimum atomic E-state index is -0.0821. The van der Waals surface area contributed by atoms with E-state index in [1.807, 2.05) is 0 Å². The largest absolute Gasteiger partial charge is 0.506 e. The predicted molar refractivity (Wildman–Crippen MR) is 65.6 cm³/mol. The van der Waals surface area contributed by atoms with E-state index in [4.69, 9.17) is 0 Å². The highest BCUT2D eigenvalue weighted by Crippen LogP contribution is 2.26. The van der Waals surface area contributed by atoms with Gasteiger partial charge in [0.2, 0.25) is 0 Å². The molecule has 0 aromatic carbocycles. The number of rotatable bonds is 5. The van der Waals surface area contributed by atoms with Gasteiger partial charge < -0.3 is 15.5 Å². The summed E-state index contributed by atoms with van der Waals surface area (Å²) < 4.78 is 0. The Morgan fingerprint density at radius 1 is 1.47 bits per heavy atom. The normalized spacial score (nSPS) is 15.9. The zero-order chi connectivity index (χ0) is 12.3. The fourth-order valence-corrected chi connectivity index (χ4v) is 2.12. The van der Waals surface area contributed by atoms with E-state index in [-0.39, 0.29) is 12.4 Å². The lowest BCUT2D eigenvalue weighted by Crippen LogP contribution is -2.27. The summed E-state index contributed by atoms with van der Waals surface area (Å²) in [5.41, 5.74) is 2.09. The molecule has 0 bridgehead atoms. The van der Waals surface area contributed by atoms with E-state index in [0.717, 1.165) is 18.0 Å². The van der Waals surface area contributed by atoms with Crippen molar-refractivity contribution in [2.75, 3.05) is 6.54 Å². The van der Waals surface area contributed by atoms with Crippen LogP contribution in [0.5, 0.6) is 5.75 Å². The number of hydrogen-bond acceptors (Lipinski definition) is 4. The van der Waals surface area contributed by atoms with Crippen LogP contribution in [0.15, 0.2) is 6.20 Å². The third-order valence-electron chi connectivity index (χ3n) is 3.56. The molecule has 1 aromatic rings. The second kappa shape index (κ2) is 5.47. The molecule has 0 amide bonds. The van der Waals surface area contributed by atoms with Crippen LogP contribution in [0.2, 0.25) is 0 Å². The van der Waals surface area contributed by atoms with Gasteiger partial charge >= 0.3 is 0 Å². The summed E-state index contributed by atoms with van der Waals surface area (Å²) in [7, 11) is 0. The SMILES string of the molecule is Cc1ncc(CO)c(CNCC2CCC2)c1O. The van der Waals surface area contributed by atoms with Gasteiger partial charge in [0.05, 0.1) is 12.3 Å². The maximum atomic E-state index is 9.93. The van der Waals surface area contributed by atoms with Crippen molar-refractivity contribution in [1.82, 2.24) is 10.3 Å². The molecule has 1 heterocycles. The topological polar surface area (TPSA) is 65.4 Å². The van der Waals surface area contributed by atoms with E-state index in [1.54, 1.807) is 13.1 Å². The summed E-state index contributed by atoms with van der Waals surface area (Å²) in [6.07, 6.45) is 5.59. The lowest BCUT2D eigenvalue weighted by Gasteiger charge is -2.25. The Balaban J connectivity index is 1.99. The minimum Gasteiger partial charge on any atom is -0.506 e. The van der Waals surface area contributed by atoms with Crippen molar-refractivity contribution < 1.29 is 10.2 Å². The molecule has 1 aromatic heterocycles. The number of aliphatic hydroxyl groups excluding tert-OH is 1. The lowest BCUT2D eigenvalue weighted by atomic mass is 9.85. The van der Waals surface area contributed by atoms with Crippen molar-refractivity contribution in [3.05, 3.63) is 23.0 Å². The van der Waals surface area contributed by atoms with Crippen molar-refractivity contribution in [2.45, 2.75) is 39.3 Å². The first-order valence-electron chi connectivity index (χ1n) is 6.20. The van der Waals surface area contributed by atoms with Crippen LogP contribution in [0, 0.1) is 12.8 Å². The molecule has 1 fully saturated rings. The standard InChI is InChI=1S/C13H20N2O2/c1-9-13(17)12(11(8-16)6-15-9)7-14-5-10-3-2-4-10/h6,10,14,16-17H,2-5,7-8H2,1H3. The van der Waals surface area contributed by atoms with Gasteiger partial charge in [-0.15, -0.1) is 0 Å². The zero-order valence-electron chi connectivity index (χ0n) is 10.2. The smallest absolute Gasteiger partial charge is 0.141 e. The highest BCUT2D eigenvalue weighted by atomic mass is 16.3. The Hall–Kier alpha value is -1.13. The van der Waals surface area contributed by atoms with Crippen LogP contribution in [0.3, 0.4) is 0 Å². The molecule has 1 aliphatic rings. The first-order chi connectivity index (χ1) is 8.22. The van der Waals surface area contributed by atoms with Gasteiger partial charge in [0.15, 0.2) is 0 Å². The second-order valence-corrected chi connectivity index (χ2v) is 4.78. The van der Waals surface area contributed by atoms with Crippen molar-refractivity contribution in [2.24, 2.45) is 5.92 Å². The molecule has 0 saturated heterocycles. The average Bonchev–Trinajstić information content (AvgIpc) is 2.27. The van der Waals surface area contributed by atoms with E-state index in [2.05, 4.69) is 10.3 Å². The molecule has 1 aliphatic carbocycles. The number of aryl methyl sites for hydroxylation is 1. The second-order valence-electron chi connectivity index (χ2n) is 4.78. The molecule has 17 heavy (non-hydrogen) atoms. The van der Waals surface area contributed by atoms with Gasteiger partial charge in [-0.25, -0.2) is 0 Å². The summed E-state index contributed by atoms with van der Waals surface area (Å²) in [5, 5.41) is 22.5. The molecule has 4 heteroatoms. The maximum absolute atomic E-state index is 9.93. The fraction of sp³-hybridized carbons (Fsp3) is 0.615. The van der Waals surface area contributed by atoms with Gasteiger partial charge in [-0.3, -0.25) is 4.98 Å². The molecule has 3 N–H and O–H groups in total. The molecular formula is C13H20N2O2. The van der Waals surface area contributed by atoms with Crippen LogP contribution >= 0.6 is 0 Å². The monoisotopic (exact) mass is 236 g/mol. The first kappa shape index (κ1) is 12.3. The number of hydrogen-bond donors (Lipinski definition) is 3. The van der Waals surface area contributed by atoms with Crippen LogP contribution in [-0.2, 0) is 13.2 Å². The lowest BCUT2D eigenvalue weighted by molar-refractivity contribution is 0.277. The molecule has 0 unspecified atom stereocenters. The third-order valence-corrected chi connectivity index (χ3v) is 3.56. The molecular weight excluding hydrogens is 216 g/mol. The summed E-state index contributed by atoms with van der Waals surface area (Å²) in [6.45, 7) is 3.28. The van der Waals surface area contributed by atoms with E-state index < -0.39 is 0 Å². The summed E-state index contributed by atoms with van der Waals surface area (Å²) >= 11 is 0. The van der Waals surface area contributed by atoms with Crippen molar-refractivity contribution in [3.8, 4) is 5.75 Å². The number of nitrogens with one attached hydrogen (secondary N) is 1. The summed E-state index contributed by atoms with van der Waals surface area (Å²) in [5.74, 6) is 0.996.